The Kier molecular flexibility index (Phi) is 4.11. The summed E-state index contributed by atoms with van der Waals surface area (Å²) in [5.74, 6) is 0.0756. The molecular weight excluding hydrogens is 246 g/mol. The highest BCUT2D eigenvalue weighted by Gasteiger charge is 2.24. The maximum atomic E-state index is 12.1. The van der Waals surface area contributed by atoms with Crippen molar-refractivity contribution in [2.24, 2.45) is 0 Å². The molecule has 1 aliphatic heterocycles. The summed E-state index contributed by atoms with van der Waals surface area (Å²) in [7, 11) is 1.90. The van der Waals surface area contributed by atoms with Crippen LogP contribution in [0.15, 0.2) is 24.3 Å². The van der Waals surface area contributed by atoms with Gasteiger partial charge in [0.05, 0.1) is 11.3 Å². The van der Waals surface area contributed by atoms with Crippen LogP contribution in [-0.4, -0.2) is 41.9 Å². The van der Waals surface area contributed by atoms with E-state index in [0.717, 1.165) is 25.1 Å². The van der Waals surface area contributed by atoms with E-state index in [-0.39, 0.29) is 11.6 Å². The van der Waals surface area contributed by atoms with E-state index in [1.807, 2.05) is 11.9 Å². The maximum absolute atomic E-state index is 12.1. The standard InChI is InChI=1S/C13H17N3O3/c1-14-11-6-7-15(9-11)13(17)8-10-2-4-12(5-3-10)16(18)19/h2-5,11,14H,6-9H2,1H3. The summed E-state index contributed by atoms with van der Waals surface area (Å²) in [6.45, 7) is 1.51. The molecular formula is C13H17N3O3. The number of likely N-dealkylation sites (N-methyl/N-ethyl adjacent to an activating group) is 1. The molecule has 102 valence electrons. The number of nitrogens with zero attached hydrogens (tertiary/aromatic N) is 2. The minimum absolute atomic E-state index is 0.0487. The van der Waals surface area contributed by atoms with E-state index in [1.54, 1.807) is 12.1 Å². The van der Waals surface area contributed by atoms with Crippen molar-refractivity contribution in [1.82, 2.24) is 10.2 Å². The van der Waals surface area contributed by atoms with E-state index in [1.165, 1.54) is 12.1 Å². The zero-order chi connectivity index (χ0) is 13.8. The van der Waals surface area contributed by atoms with Crippen LogP contribution < -0.4 is 5.32 Å². The van der Waals surface area contributed by atoms with Gasteiger partial charge in [-0.05, 0) is 19.0 Å². The predicted molar refractivity (Wildman–Crippen MR) is 70.8 cm³/mol. The average molecular weight is 263 g/mol. The number of benzene rings is 1. The Bertz CT molecular complexity index is 473. The molecule has 6 nitrogen and oxygen atoms in total. The number of hydrogen-bond acceptors (Lipinski definition) is 4. The first kappa shape index (κ1) is 13.5. The third-order valence-electron chi connectivity index (χ3n) is 3.45. The Morgan fingerprint density at radius 2 is 2.16 bits per heavy atom. The van der Waals surface area contributed by atoms with Crippen LogP contribution in [-0.2, 0) is 11.2 Å². The van der Waals surface area contributed by atoms with Gasteiger partial charge in [0.25, 0.3) is 5.69 Å². The van der Waals surface area contributed by atoms with Crippen LogP contribution in [0.2, 0.25) is 0 Å². The highest BCUT2D eigenvalue weighted by molar-refractivity contribution is 5.79. The Morgan fingerprint density at radius 3 is 2.68 bits per heavy atom. The molecule has 1 heterocycles. The van der Waals surface area contributed by atoms with Gasteiger partial charge in [0.15, 0.2) is 0 Å². The highest BCUT2D eigenvalue weighted by Crippen LogP contribution is 2.15. The van der Waals surface area contributed by atoms with E-state index in [9.17, 15) is 14.9 Å². The van der Waals surface area contributed by atoms with Crippen molar-refractivity contribution < 1.29 is 9.72 Å². The smallest absolute Gasteiger partial charge is 0.269 e. The summed E-state index contributed by atoms with van der Waals surface area (Å²) in [4.78, 5) is 24.0. The van der Waals surface area contributed by atoms with E-state index in [0.29, 0.717) is 12.5 Å². The van der Waals surface area contributed by atoms with Gasteiger partial charge in [-0.1, -0.05) is 12.1 Å². The second kappa shape index (κ2) is 5.79. The Balaban J connectivity index is 1.94. The fourth-order valence-corrected chi connectivity index (χ4v) is 2.24. The quantitative estimate of drug-likeness (QED) is 0.648. The highest BCUT2D eigenvalue weighted by atomic mass is 16.6. The van der Waals surface area contributed by atoms with Crippen LogP contribution >= 0.6 is 0 Å². The summed E-state index contributed by atoms with van der Waals surface area (Å²) < 4.78 is 0. The normalized spacial score (nSPS) is 18.6. The number of rotatable bonds is 4. The average Bonchev–Trinajstić information content (AvgIpc) is 2.88. The fourth-order valence-electron chi connectivity index (χ4n) is 2.24. The molecule has 1 fully saturated rings. The van der Waals surface area contributed by atoms with Crippen molar-refractivity contribution in [3.63, 3.8) is 0 Å². The van der Waals surface area contributed by atoms with Crippen LogP contribution in [0, 0.1) is 10.1 Å². The molecule has 2 rings (SSSR count). The number of nitro groups is 1. The van der Waals surface area contributed by atoms with E-state index in [4.69, 9.17) is 0 Å². The molecule has 0 aliphatic carbocycles. The van der Waals surface area contributed by atoms with Crippen molar-refractivity contribution in [2.75, 3.05) is 20.1 Å². The maximum Gasteiger partial charge on any atom is 0.269 e. The van der Waals surface area contributed by atoms with Gasteiger partial charge >= 0.3 is 0 Å². The first-order chi connectivity index (χ1) is 9.10. The first-order valence-electron chi connectivity index (χ1n) is 6.28. The molecule has 0 aromatic heterocycles. The Labute approximate surface area is 111 Å². The minimum Gasteiger partial charge on any atom is -0.341 e. The van der Waals surface area contributed by atoms with E-state index >= 15 is 0 Å². The van der Waals surface area contributed by atoms with E-state index < -0.39 is 4.92 Å². The molecule has 0 bridgehead atoms. The van der Waals surface area contributed by atoms with Gasteiger partial charge in [-0.15, -0.1) is 0 Å². The molecule has 1 amide bonds. The molecule has 1 saturated heterocycles. The number of nitrogens with one attached hydrogen (secondary N) is 1. The van der Waals surface area contributed by atoms with Crippen molar-refractivity contribution >= 4 is 11.6 Å². The second-order valence-corrected chi connectivity index (χ2v) is 4.71. The lowest BCUT2D eigenvalue weighted by molar-refractivity contribution is -0.384. The number of nitro benzene ring substituents is 1. The molecule has 1 aliphatic rings. The molecule has 0 radical (unpaired) electrons. The number of hydrogen-bond donors (Lipinski definition) is 1. The largest absolute Gasteiger partial charge is 0.341 e. The van der Waals surface area contributed by atoms with E-state index in [2.05, 4.69) is 5.32 Å². The molecule has 1 aromatic rings. The minimum atomic E-state index is -0.441. The summed E-state index contributed by atoms with van der Waals surface area (Å²) in [6, 6.07) is 6.52. The molecule has 0 spiro atoms. The number of amides is 1. The fraction of sp³-hybridized carbons (Fsp3) is 0.462. The van der Waals surface area contributed by atoms with Crippen LogP contribution in [0.25, 0.3) is 0 Å². The lowest BCUT2D eigenvalue weighted by Crippen LogP contribution is -2.34. The first-order valence-corrected chi connectivity index (χ1v) is 6.28. The van der Waals surface area contributed by atoms with Gasteiger partial charge in [0, 0.05) is 31.3 Å². The summed E-state index contributed by atoms with van der Waals surface area (Å²) >= 11 is 0. The van der Waals surface area contributed by atoms with Gasteiger partial charge in [-0.25, -0.2) is 0 Å². The summed E-state index contributed by atoms with van der Waals surface area (Å²) in [6.07, 6.45) is 1.27. The number of non-ortho nitro benzene ring substituents is 1. The molecule has 1 unspecified atom stereocenters. The molecule has 0 saturated carbocycles. The van der Waals surface area contributed by atoms with Crippen molar-refractivity contribution in [3.8, 4) is 0 Å². The van der Waals surface area contributed by atoms with Crippen LogP contribution in [0.5, 0.6) is 0 Å². The number of carbonyl (C=O) groups is 1. The third kappa shape index (κ3) is 3.29. The van der Waals surface area contributed by atoms with Crippen LogP contribution in [0.3, 0.4) is 0 Å². The molecule has 6 heteroatoms. The van der Waals surface area contributed by atoms with Crippen molar-refractivity contribution in [2.45, 2.75) is 18.9 Å². The monoisotopic (exact) mass is 263 g/mol. The van der Waals surface area contributed by atoms with Crippen molar-refractivity contribution in [1.29, 1.82) is 0 Å². The van der Waals surface area contributed by atoms with Gasteiger partial charge in [0.1, 0.15) is 0 Å². The SMILES string of the molecule is CNC1CCN(C(=O)Cc2ccc([N+](=O)[O-])cc2)C1. The number of likely N-dealkylation sites (tertiary alicyclic amines) is 1. The molecule has 1 aromatic carbocycles. The molecule has 1 atom stereocenters. The van der Waals surface area contributed by atoms with Crippen molar-refractivity contribution in [3.05, 3.63) is 39.9 Å². The van der Waals surface area contributed by atoms with Crippen LogP contribution in [0.4, 0.5) is 5.69 Å². The lowest BCUT2D eigenvalue weighted by Gasteiger charge is -2.16. The predicted octanol–water partition coefficient (Wildman–Crippen LogP) is 0.958. The topological polar surface area (TPSA) is 75.5 Å². The summed E-state index contributed by atoms with van der Waals surface area (Å²) in [5.41, 5.74) is 0.858. The second-order valence-electron chi connectivity index (χ2n) is 4.71. The molecule has 19 heavy (non-hydrogen) atoms. The van der Waals surface area contributed by atoms with Gasteiger partial charge in [-0.3, -0.25) is 14.9 Å². The van der Waals surface area contributed by atoms with Gasteiger partial charge in [-0.2, -0.15) is 0 Å². The lowest BCUT2D eigenvalue weighted by atomic mass is 10.1. The Hall–Kier alpha value is -1.95. The molecule has 1 N–H and O–H groups in total. The zero-order valence-electron chi connectivity index (χ0n) is 10.8. The Morgan fingerprint density at radius 1 is 1.47 bits per heavy atom. The van der Waals surface area contributed by atoms with Crippen LogP contribution in [0.1, 0.15) is 12.0 Å². The zero-order valence-corrected chi connectivity index (χ0v) is 10.8. The van der Waals surface area contributed by atoms with Gasteiger partial charge in [0.2, 0.25) is 5.91 Å². The summed E-state index contributed by atoms with van der Waals surface area (Å²) in [5, 5.41) is 13.7. The number of carbonyl (C=O) groups excluding carboxylic acids is 1. The van der Waals surface area contributed by atoms with Gasteiger partial charge < -0.3 is 10.2 Å². The third-order valence-corrected chi connectivity index (χ3v) is 3.45.